The van der Waals surface area contributed by atoms with E-state index in [0.717, 1.165) is 12.1 Å². The third kappa shape index (κ3) is 5.37. The molecule has 4 aromatic rings. The van der Waals surface area contributed by atoms with Gasteiger partial charge in [0, 0.05) is 35.0 Å². The van der Waals surface area contributed by atoms with Crippen LogP contribution in [-0.4, -0.2) is 15.8 Å². The van der Waals surface area contributed by atoms with Crippen molar-refractivity contribution in [3.8, 4) is 22.6 Å². The first kappa shape index (κ1) is 28.5. The summed E-state index contributed by atoms with van der Waals surface area (Å²) in [6.45, 7) is 1.85. The normalized spacial score (nSPS) is 15.7. The summed E-state index contributed by atoms with van der Waals surface area (Å²) in [5.41, 5.74) is 1.63. The van der Waals surface area contributed by atoms with E-state index in [1.54, 1.807) is 19.1 Å². The van der Waals surface area contributed by atoms with E-state index in [1.165, 1.54) is 30.5 Å². The molecule has 0 bridgehead atoms. The predicted molar refractivity (Wildman–Crippen MR) is 131 cm³/mol. The summed E-state index contributed by atoms with van der Waals surface area (Å²) in [6.07, 6.45) is -2.75. The van der Waals surface area contributed by atoms with Gasteiger partial charge >= 0.3 is 6.18 Å². The molecule has 2 unspecified atom stereocenters. The third-order valence-electron chi connectivity index (χ3n) is 6.52. The summed E-state index contributed by atoms with van der Waals surface area (Å²) in [5.74, 6) is -13.5. The smallest absolute Gasteiger partial charge is 0.416 e. The summed E-state index contributed by atoms with van der Waals surface area (Å²) in [7, 11) is 0. The van der Waals surface area contributed by atoms with Crippen LogP contribution in [0.15, 0.2) is 59.6 Å². The molecule has 0 aliphatic carbocycles. The van der Waals surface area contributed by atoms with E-state index in [2.05, 4.69) is 9.17 Å². The Morgan fingerprint density at radius 2 is 1.54 bits per heavy atom. The highest BCUT2D eigenvalue weighted by Crippen LogP contribution is 2.44. The highest BCUT2D eigenvalue weighted by Gasteiger charge is 2.34. The second-order valence-corrected chi connectivity index (χ2v) is 10.2. The van der Waals surface area contributed by atoms with Crippen LogP contribution in [-0.2, 0) is 17.3 Å². The Morgan fingerprint density at radius 1 is 0.878 bits per heavy atom. The number of aryl methyl sites for hydroxylation is 1. The van der Waals surface area contributed by atoms with Gasteiger partial charge in [-0.15, -0.1) is 0 Å². The van der Waals surface area contributed by atoms with Crippen molar-refractivity contribution in [3.63, 3.8) is 0 Å². The molecule has 1 aliphatic rings. The fraction of sp³-hybridized carbons (Fsp3) is 0.179. The maximum atomic E-state index is 14.0. The number of rotatable bonds is 5. The Balaban J connectivity index is 1.52. The van der Waals surface area contributed by atoms with Gasteiger partial charge in [-0.1, -0.05) is 18.2 Å². The molecule has 0 saturated heterocycles. The minimum absolute atomic E-state index is 0.110. The highest BCUT2D eigenvalue weighted by atomic mass is 32.2. The zero-order valence-corrected chi connectivity index (χ0v) is 21.6. The molecular weight excluding hydrogens is 582 g/mol. The van der Waals surface area contributed by atoms with Gasteiger partial charge in [0.2, 0.25) is 45.9 Å². The van der Waals surface area contributed by atoms with Gasteiger partial charge < -0.3 is 8.92 Å². The van der Waals surface area contributed by atoms with Crippen molar-refractivity contribution in [3.05, 3.63) is 106 Å². The van der Waals surface area contributed by atoms with Crippen molar-refractivity contribution < 1.29 is 48.3 Å². The zero-order chi connectivity index (χ0) is 29.6. The molecule has 41 heavy (non-hydrogen) atoms. The molecule has 5 rings (SSSR count). The number of alkyl halides is 3. The van der Waals surface area contributed by atoms with Crippen molar-refractivity contribution >= 4 is 11.1 Å². The van der Waals surface area contributed by atoms with Crippen molar-refractivity contribution in [2.45, 2.75) is 30.3 Å². The van der Waals surface area contributed by atoms with E-state index < -0.39 is 63.6 Å². The number of fused-ring (bicyclic) bond motifs is 1. The molecule has 0 amide bonds. The quantitative estimate of drug-likeness (QED) is 0.134. The van der Waals surface area contributed by atoms with Crippen molar-refractivity contribution in [2.24, 2.45) is 0 Å². The van der Waals surface area contributed by atoms with E-state index in [0.29, 0.717) is 34.4 Å². The maximum Gasteiger partial charge on any atom is 0.416 e. The molecule has 0 saturated carbocycles. The molecule has 13 heteroatoms. The molecule has 3 aromatic carbocycles. The van der Waals surface area contributed by atoms with Gasteiger partial charge in [0.25, 0.3) is 0 Å². The topological polar surface area (TPSA) is 48.4 Å². The predicted octanol–water partition coefficient (Wildman–Crippen LogP) is 7.79. The molecule has 0 spiro atoms. The number of halogens is 8. The Hall–Kier alpha value is -4.00. The highest BCUT2D eigenvalue weighted by molar-refractivity contribution is 7.80. The number of pyridine rings is 1. The lowest BCUT2D eigenvalue weighted by Crippen LogP contribution is -2.17. The first-order chi connectivity index (χ1) is 19.4. The molecule has 2 heterocycles. The van der Waals surface area contributed by atoms with E-state index in [4.69, 9.17) is 4.74 Å². The molecule has 214 valence electrons. The zero-order valence-electron chi connectivity index (χ0n) is 20.8. The molecular formula is C28H17F8NO3S. The molecule has 0 N–H and O–H groups in total. The van der Waals surface area contributed by atoms with Crippen LogP contribution in [0.1, 0.15) is 34.7 Å². The summed E-state index contributed by atoms with van der Waals surface area (Å²) in [6, 6.07) is 10.6. The van der Waals surface area contributed by atoms with Crippen molar-refractivity contribution in [1.82, 2.24) is 4.98 Å². The Kier molecular flexibility index (Phi) is 7.49. The monoisotopic (exact) mass is 599 g/mol. The van der Waals surface area contributed by atoms with Gasteiger partial charge in [-0.3, -0.25) is 4.98 Å². The van der Waals surface area contributed by atoms with E-state index in [-0.39, 0.29) is 17.3 Å². The van der Waals surface area contributed by atoms with Crippen LogP contribution in [0.4, 0.5) is 35.1 Å². The molecule has 4 nitrogen and oxygen atoms in total. The fourth-order valence-electron chi connectivity index (χ4n) is 4.49. The molecule has 0 fully saturated rings. The first-order valence-corrected chi connectivity index (χ1v) is 13.0. The number of hydrogen-bond acceptors (Lipinski definition) is 4. The average Bonchev–Trinajstić information content (AvgIpc) is 2.96. The van der Waals surface area contributed by atoms with Gasteiger partial charge in [0.1, 0.15) is 5.75 Å². The third-order valence-corrected chi connectivity index (χ3v) is 7.48. The largest absolute Gasteiger partial charge is 0.493 e. The van der Waals surface area contributed by atoms with Gasteiger partial charge in [0.05, 0.1) is 17.1 Å². The van der Waals surface area contributed by atoms with Gasteiger partial charge in [0.15, 0.2) is 0 Å². The molecule has 1 aliphatic heterocycles. The molecule has 2 atom stereocenters. The van der Waals surface area contributed by atoms with Crippen LogP contribution in [0.5, 0.6) is 11.5 Å². The van der Waals surface area contributed by atoms with Crippen molar-refractivity contribution in [1.29, 1.82) is 0 Å². The van der Waals surface area contributed by atoms with Crippen LogP contribution in [0.25, 0.3) is 11.1 Å². The lowest BCUT2D eigenvalue weighted by molar-refractivity contribution is -0.137. The molecule has 1 aromatic heterocycles. The van der Waals surface area contributed by atoms with Gasteiger partial charge in [-0.05, 0) is 48.7 Å². The molecule has 0 radical (unpaired) electrons. The Bertz CT molecular complexity index is 1650. The number of aromatic nitrogens is 1. The lowest BCUT2D eigenvalue weighted by atomic mass is 9.82. The lowest BCUT2D eigenvalue weighted by Gasteiger charge is -2.28. The summed E-state index contributed by atoms with van der Waals surface area (Å²) in [5, 5.41) is 0. The second kappa shape index (κ2) is 10.8. The number of hydrogen-bond donors (Lipinski definition) is 0. The van der Waals surface area contributed by atoms with Crippen molar-refractivity contribution in [2.75, 3.05) is 6.61 Å². The van der Waals surface area contributed by atoms with Crippen LogP contribution < -0.4 is 8.92 Å². The van der Waals surface area contributed by atoms with E-state index >= 15 is 0 Å². The minimum atomic E-state index is -4.59. The van der Waals surface area contributed by atoms with Gasteiger partial charge in [-0.25, -0.2) is 17.4 Å². The minimum Gasteiger partial charge on any atom is -0.493 e. The Labute approximate surface area is 230 Å². The second-order valence-electron chi connectivity index (χ2n) is 9.09. The van der Waals surface area contributed by atoms with Crippen LogP contribution in [0.2, 0.25) is 0 Å². The summed E-state index contributed by atoms with van der Waals surface area (Å²) in [4.78, 5) is 3.98. The fourth-order valence-corrected chi connectivity index (χ4v) is 5.27. The SMILES string of the molecule is Cc1ccc(-c2cc(C(F)(F)F)ccc2C2CCOc3cc(S(=O)Oc4c(F)c(F)c(F)c(F)c4F)ccc32)cn1. The summed E-state index contributed by atoms with van der Waals surface area (Å²) >= 11 is -2.73. The Morgan fingerprint density at radius 3 is 2.17 bits per heavy atom. The van der Waals surface area contributed by atoms with E-state index in [1.807, 2.05) is 0 Å². The number of nitrogens with zero attached hydrogens (tertiary/aromatic N) is 1. The van der Waals surface area contributed by atoms with Crippen LogP contribution in [0.3, 0.4) is 0 Å². The van der Waals surface area contributed by atoms with Gasteiger partial charge in [-0.2, -0.15) is 22.0 Å². The van der Waals surface area contributed by atoms with Crippen LogP contribution in [0, 0.1) is 36.0 Å². The average molecular weight is 599 g/mol. The standard InChI is InChI=1S/C28H17F8NO3S/c1-13-2-3-14(12-37-13)20-10-15(28(34,35)36)4-6-17(20)18-8-9-39-21-11-16(5-7-19(18)21)41(38)40-27-25(32)23(30)22(29)24(31)26(27)33/h2-7,10-12,18H,8-9H2,1H3. The maximum absolute atomic E-state index is 14.0. The van der Waals surface area contributed by atoms with E-state index in [9.17, 15) is 39.3 Å². The van der Waals surface area contributed by atoms with Crippen LogP contribution >= 0.6 is 0 Å². The summed E-state index contributed by atoms with van der Waals surface area (Å²) < 4.78 is 132. The number of benzene rings is 3. The first-order valence-electron chi connectivity index (χ1n) is 11.9. The number of ether oxygens (including phenoxy) is 1.